The van der Waals surface area contributed by atoms with Gasteiger partial charge in [0.15, 0.2) is 11.6 Å². The first-order valence-corrected chi connectivity index (χ1v) is 11.6. The zero-order valence-corrected chi connectivity index (χ0v) is 19.0. The molecule has 34 heavy (non-hydrogen) atoms. The topological polar surface area (TPSA) is 0 Å². The molecule has 0 nitrogen and oxygen atoms in total. The van der Waals surface area contributed by atoms with Crippen LogP contribution < -0.4 is 0 Å². The number of halogens is 5. The predicted molar refractivity (Wildman–Crippen MR) is 123 cm³/mol. The zero-order valence-electron chi connectivity index (χ0n) is 19.0. The lowest BCUT2D eigenvalue weighted by atomic mass is 9.79. The van der Waals surface area contributed by atoms with Gasteiger partial charge in [0.05, 0.1) is 5.56 Å². The summed E-state index contributed by atoms with van der Waals surface area (Å²) in [5.41, 5.74) is 2.71. The van der Waals surface area contributed by atoms with Crippen molar-refractivity contribution in [1.82, 2.24) is 0 Å². The van der Waals surface area contributed by atoms with Gasteiger partial charge in [-0.3, -0.25) is 0 Å². The third-order valence-corrected chi connectivity index (χ3v) is 6.39. The first-order chi connectivity index (χ1) is 16.4. The predicted octanol–water partition coefficient (Wildman–Crippen LogP) is 7.79. The van der Waals surface area contributed by atoms with Crippen LogP contribution >= 0.6 is 0 Å². The molecule has 0 amide bonds. The molecule has 0 aliphatic heterocycles. The van der Waals surface area contributed by atoms with Crippen molar-refractivity contribution in [2.75, 3.05) is 0 Å². The van der Waals surface area contributed by atoms with E-state index in [-0.39, 0.29) is 22.6 Å². The minimum Gasteiger partial charge on any atom is -0.207 e. The van der Waals surface area contributed by atoms with E-state index in [0.717, 1.165) is 37.0 Å². The molecule has 1 unspecified atom stereocenters. The highest BCUT2D eigenvalue weighted by Gasteiger charge is 2.27. The van der Waals surface area contributed by atoms with Crippen LogP contribution in [0.2, 0.25) is 0 Å². The molecular weight excluding hydrogens is 443 g/mol. The van der Waals surface area contributed by atoms with E-state index in [2.05, 4.69) is 18.8 Å². The summed E-state index contributed by atoms with van der Waals surface area (Å²) in [6, 6.07) is 9.12. The van der Waals surface area contributed by atoms with E-state index >= 15 is 0 Å². The molecular formula is C29H25F5. The Bertz CT molecular complexity index is 1240. The Morgan fingerprint density at radius 2 is 1.53 bits per heavy atom. The molecule has 1 aliphatic rings. The van der Waals surface area contributed by atoms with E-state index < -0.39 is 29.1 Å². The molecule has 0 aromatic heterocycles. The van der Waals surface area contributed by atoms with Gasteiger partial charge in [0, 0.05) is 11.1 Å². The molecule has 0 radical (unpaired) electrons. The van der Waals surface area contributed by atoms with E-state index in [1.807, 2.05) is 0 Å². The van der Waals surface area contributed by atoms with Gasteiger partial charge in [-0.15, -0.1) is 0 Å². The van der Waals surface area contributed by atoms with Crippen LogP contribution in [0.3, 0.4) is 0 Å². The first-order valence-electron chi connectivity index (χ1n) is 11.6. The van der Waals surface area contributed by atoms with Crippen LogP contribution in [0.15, 0.2) is 42.5 Å². The lowest BCUT2D eigenvalue weighted by Crippen LogP contribution is -2.16. The van der Waals surface area contributed by atoms with Crippen LogP contribution in [0.25, 0.3) is 0 Å². The van der Waals surface area contributed by atoms with E-state index in [1.165, 1.54) is 24.3 Å². The summed E-state index contributed by atoms with van der Waals surface area (Å²) >= 11 is 0. The number of benzene rings is 3. The second kappa shape index (κ2) is 10.4. The van der Waals surface area contributed by atoms with E-state index in [9.17, 15) is 22.0 Å². The molecule has 176 valence electrons. The third kappa shape index (κ3) is 5.33. The Balaban J connectivity index is 1.54. The van der Waals surface area contributed by atoms with Gasteiger partial charge < -0.3 is 0 Å². The quantitative estimate of drug-likeness (QED) is 0.204. The number of hydrogen-bond donors (Lipinski definition) is 0. The highest BCUT2D eigenvalue weighted by molar-refractivity contribution is 5.48. The Morgan fingerprint density at radius 3 is 2.24 bits per heavy atom. The standard InChI is InChI=1S/C29H25F5/c1-2-3-4-5-19-13-27(33)29(28(34)14-19)22-10-9-20-15-21(25(31)17-23(20)16-22)8-6-18-7-11-24(30)26(32)12-18/h7,11-15,17,22H,2-5,9-10,16H2,1H3. The van der Waals surface area contributed by atoms with Crippen molar-refractivity contribution in [1.29, 1.82) is 0 Å². The van der Waals surface area contributed by atoms with Crippen LogP contribution in [0.5, 0.6) is 0 Å². The third-order valence-electron chi connectivity index (χ3n) is 6.39. The maximum atomic E-state index is 14.9. The molecule has 0 saturated heterocycles. The van der Waals surface area contributed by atoms with Gasteiger partial charge in [-0.1, -0.05) is 31.6 Å². The fraction of sp³-hybridized carbons (Fsp3) is 0.310. The lowest BCUT2D eigenvalue weighted by Gasteiger charge is -2.26. The van der Waals surface area contributed by atoms with Crippen molar-refractivity contribution in [3.05, 3.63) is 105 Å². The molecule has 1 aliphatic carbocycles. The van der Waals surface area contributed by atoms with Crippen LogP contribution in [-0.4, -0.2) is 0 Å². The summed E-state index contributed by atoms with van der Waals surface area (Å²) in [4.78, 5) is 0. The molecule has 0 spiro atoms. The van der Waals surface area contributed by atoms with Crippen molar-refractivity contribution in [3.63, 3.8) is 0 Å². The Labute approximate surface area is 196 Å². The van der Waals surface area contributed by atoms with Crippen LogP contribution in [0.1, 0.15) is 71.9 Å². The molecule has 0 fully saturated rings. The first kappa shape index (κ1) is 24.0. The highest BCUT2D eigenvalue weighted by Crippen LogP contribution is 2.36. The molecule has 5 heteroatoms. The summed E-state index contributed by atoms with van der Waals surface area (Å²) in [5, 5.41) is 0. The fourth-order valence-corrected chi connectivity index (χ4v) is 4.59. The summed E-state index contributed by atoms with van der Waals surface area (Å²) in [5.74, 6) is 1.36. The summed E-state index contributed by atoms with van der Waals surface area (Å²) < 4.78 is 70.9. The van der Waals surface area contributed by atoms with Gasteiger partial charge in [-0.25, -0.2) is 22.0 Å². The fourth-order valence-electron chi connectivity index (χ4n) is 4.59. The zero-order chi connectivity index (χ0) is 24.2. The molecule has 0 heterocycles. The Hall–Kier alpha value is -3.13. The van der Waals surface area contributed by atoms with Crippen molar-refractivity contribution in [2.24, 2.45) is 0 Å². The van der Waals surface area contributed by atoms with E-state index in [4.69, 9.17) is 0 Å². The number of aryl methyl sites for hydroxylation is 2. The average molecular weight is 469 g/mol. The van der Waals surface area contributed by atoms with E-state index in [0.29, 0.717) is 36.8 Å². The molecule has 1 atom stereocenters. The van der Waals surface area contributed by atoms with Crippen molar-refractivity contribution >= 4 is 0 Å². The lowest BCUT2D eigenvalue weighted by molar-refractivity contribution is 0.487. The van der Waals surface area contributed by atoms with E-state index in [1.54, 1.807) is 6.07 Å². The Morgan fingerprint density at radius 1 is 0.765 bits per heavy atom. The van der Waals surface area contributed by atoms with Crippen LogP contribution in [-0.2, 0) is 19.3 Å². The number of rotatable bonds is 5. The van der Waals surface area contributed by atoms with Gasteiger partial charge in [-0.05, 0) is 97.2 Å². The van der Waals surface area contributed by atoms with Gasteiger partial charge in [0.2, 0.25) is 0 Å². The maximum absolute atomic E-state index is 14.9. The van der Waals surface area contributed by atoms with Crippen LogP contribution in [0.4, 0.5) is 22.0 Å². The number of unbranched alkanes of at least 4 members (excludes halogenated alkanes) is 2. The van der Waals surface area contributed by atoms with Gasteiger partial charge in [-0.2, -0.15) is 0 Å². The minimum atomic E-state index is -1.02. The molecule has 3 aromatic carbocycles. The van der Waals surface area contributed by atoms with Crippen LogP contribution in [0, 0.1) is 40.9 Å². The summed E-state index contributed by atoms with van der Waals surface area (Å²) in [6.45, 7) is 2.08. The normalized spacial score (nSPS) is 14.9. The number of fused-ring (bicyclic) bond motifs is 1. The van der Waals surface area contributed by atoms with Gasteiger partial charge in [0.25, 0.3) is 0 Å². The largest absolute Gasteiger partial charge is 0.207 e. The monoisotopic (exact) mass is 468 g/mol. The maximum Gasteiger partial charge on any atom is 0.160 e. The number of hydrogen-bond acceptors (Lipinski definition) is 0. The molecule has 0 bridgehead atoms. The Kier molecular flexibility index (Phi) is 7.36. The molecule has 3 aromatic rings. The van der Waals surface area contributed by atoms with Gasteiger partial charge in [0.1, 0.15) is 17.5 Å². The molecule has 4 rings (SSSR count). The van der Waals surface area contributed by atoms with Crippen molar-refractivity contribution < 1.29 is 22.0 Å². The SMILES string of the molecule is CCCCCc1cc(F)c(C2CCc3cc(C#Cc4ccc(F)c(F)c4)c(F)cc3C2)c(F)c1. The van der Waals surface area contributed by atoms with Gasteiger partial charge >= 0.3 is 0 Å². The minimum absolute atomic E-state index is 0.0764. The second-order valence-corrected chi connectivity index (χ2v) is 8.85. The second-order valence-electron chi connectivity index (χ2n) is 8.85. The molecule has 0 saturated carbocycles. The molecule has 0 N–H and O–H groups in total. The smallest absolute Gasteiger partial charge is 0.160 e. The summed E-state index contributed by atoms with van der Waals surface area (Å²) in [7, 11) is 0. The highest BCUT2D eigenvalue weighted by atomic mass is 19.2. The van der Waals surface area contributed by atoms with Crippen molar-refractivity contribution in [3.8, 4) is 11.8 Å². The summed E-state index contributed by atoms with van der Waals surface area (Å²) in [6.07, 6.45) is 5.02. The average Bonchev–Trinajstić information content (AvgIpc) is 2.79. The van der Waals surface area contributed by atoms with Crippen molar-refractivity contribution in [2.45, 2.75) is 57.8 Å².